The van der Waals surface area contributed by atoms with Crippen molar-refractivity contribution in [3.05, 3.63) is 5.01 Å². The summed E-state index contributed by atoms with van der Waals surface area (Å²) in [6, 6.07) is -0.490. The highest BCUT2D eigenvalue weighted by atomic mass is 32.1. The van der Waals surface area contributed by atoms with Gasteiger partial charge in [0, 0.05) is 0 Å². The molecule has 0 bridgehead atoms. The van der Waals surface area contributed by atoms with Crippen LogP contribution in [0.3, 0.4) is 0 Å². The number of aryl methyl sites for hydroxylation is 1. The van der Waals surface area contributed by atoms with Gasteiger partial charge in [0.2, 0.25) is 11.0 Å². The van der Waals surface area contributed by atoms with Gasteiger partial charge in [-0.2, -0.15) is 0 Å². The van der Waals surface area contributed by atoms with Crippen molar-refractivity contribution in [3.8, 4) is 0 Å². The first-order valence-electron chi connectivity index (χ1n) is 8.20. The molecular weight excluding hydrogens is 330 g/mol. The molecule has 130 valence electrons. The summed E-state index contributed by atoms with van der Waals surface area (Å²) in [7, 11) is 0. The SMILES string of the molecule is CCc1nnc(NC(=O)CN2C(=O)NC3(CCC(C)CC3)C2=O)s1. The molecule has 0 aromatic carbocycles. The molecule has 0 radical (unpaired) electrons. The van der Waals surface area contributed by atoms with Gasteiger partial charge in [0.1, 0.15) is 17.1 Å². The lowest BCUT2D eigenvalue weighted by Crippen LogP contribution is -2.49. The van der Waals surface area contributed by atoms with Crippen molar-refractivity contribution in [1.82, 2.24) is 20.4 Å². The topological polar surface area (TPSA) is 104 Å². The highest BCUT2D eigenvalue weighted by molar-refractivity contribution is 7.15. The zero-order valence-corrected chi connectivity index (χ0v) is 14.6. The van der Waals surface area contributed by atoms with Gasteiger partial charge in [0.15, 0.2) is 0 Å². The van der Waals surface area contributed by atoms with Crippen LogP contribution in [-0.4, -0.2) is 45.0 Å². The number of aromatic nitrogens is 2. The van der Waals surface area contributed by atoms with E-state index in [-0.39, 0.29) is 12.5 Å². The molecule has 2 fully saturated rings. The third-order valence-corrected chi connectivity index (χ3v) is 5.67. The fraction of sp³-hybridized carbons (Fsp3) is 0.667. The number of nitrogens with one attached hydrogen (secondary N) is 2. The molecule has 8 nitrogen and oxygen atoms in total. The summed E-state index contributed by atoms with van der Waals surface area (Å²) in [5, 5.41) is 14.4. The predicted octanol–water partition coefficient (Wildman–Crippen LogP) is 1.54. The zero-order valence-electron chi connectivity index (χ0n) is 13.8. The molecular formula is C15H21N5O3S. The van der Waals surface area contributed by atoms with Crippen LogP contribution in [0.5, 0.6) is 0 Å². The van der Waals surface area contributed by atoms with E-state index >= 15 is 0 Å². The van der Waals surface area contributed by atoms with Crippen LogP contribution in [0.25, 0.3) is 0 Å². The summed E-state index contributed by atoms with van der Waals surface area (Å²) in [4.78, 5) is 38.0. The molecule has 1 aromatic rings. The van der Waals surface area contributed by atoms with Crippen LogP contribution >= 0.6 is 11.3 Å². The number of anilines is 1. The first-order valence-corrected chi connectivity index (χ1v) is 9.01. The fourth-order valence-electron chi connectivity index (χ4n) is 3.16. The van der Waals surface area contributed by atoms with E-state index in [0.29, 0.717) is 23.9 Å². The molecule has 1 aromatic heterocycles. The van der Waals surface area contributed by atoms with Crippen molar-refractivity contribution >= 4 is 34.3 Å². The van der Waals surface area contributed by atoms with Gasteiger partial charge < -0.3 is 5.32 Å². The molecule has 3 rings (SSSR count). The molecule has 0 atom stereocenters. The van der Waals surface area contributed by atoms with Gasteiger partial charge in [0.25, 0.3) is 5.91 Å². The Kier molecular flexibility index (Phi) is 4.53. The minimum Gasteiger partial charge on any atom is -0.323 e. The maximum atomic E-state index is 12.7. The Bertz CT molecular complexity index is 666. The Morgan fingerprint density at radius 2 is 2.08 bits per heavy atom. The van der Waals surface area contributed by atoms with Crippen molar-refractivity contribution in [2.24, 2.45) is 5.92 Å². The van der Waals surface area contributed by atoms with Crippen molar-refractivity contribution < 1.29 is 14.4 Å². The number of rotatable bonds is 4. The second kappa shape index (κ2) is 6.46. The van der Waals surface area contributed by atoms with Gasteiger partial charge in [0.05, 0.1) is 0 Å². The molecule has 1 aliphatic heterocycles. The third kappa shape index (κ3) is 3.12. The van der Waals surface area contributed by atoms with E-state index in [2.05, 4.69) is 27.8 Å². The molecule has 0 unspecified atom stereocenters. The number of imide groups is 1. The molecule has 1 spiro atoms. The Morgan fingerprint density at radius 1 is 1.38 bits per heavy atom. The Morgan fingerprint density at radius 3 is 2.71 bits per heavy atom. The van der Waals surface area contributed by atoms with Gasteiger partial charge in [-0.1, -0.05) is 25.2 Å². The van der Waals surface area contributed by atoms with Crippen LogP contribution in [0.2, 0.25) is 0 Å². The van der Waals surface area contributed by atoms with Crippen molar-refractivity contribution in [2.45, 2.75) is 51.5 Å². The first kappa shape index (κ1) is 16.8. The Labute approximate surface area is 144 Å². The standard InChI is InChI=1S/C15H21N5O3S/c1-3-11-18-19-13(24-11)16-10(21)8-20-12(22)15(17-14(20)23)6-4-9(2)5-7-15/h9H,3-8H2,1-2H3,(H,17,23)(H,16,19,21). The highest BCUT2D eigenvalue weighted by Gasteiger charge is 2.52. The van der Waals surface area contributed by atoms with E-state index in [1.54, 1.807) is 0 Å². The molecule has 9 heteroatoms. The lowest BCUT2D eigenvalue weighted by Gasteiger charge is -2.33. The second-order valence-electron chi connectivity index (χ2n) is 6.49. The van der Waals surface area contributed by atoms with Gasteiger partial charge in [-0.05, 0) is 38.0 Å². The predicted molar refractivity (Wildman–Crippen MR) is 88.5 cm³/mol. The zero-order chi connectivity index (χ0) is 17.3. The minimum absolute atomic E-state index is 0.291. The third-order valence-electron chi connectivity index (χ3n) is 4.69. The average Bonchev–Trinajstić information content (AvgIpc) is 3.09. The Balaban J connectivity index is 1.63. The lowest BCUT2D eigenvalue weighted by molar-refractivity contribution is -0.135. The van der Waals surface area contributed by atoms with Gasteiger partial charge in [-0.25, -0.2) is 4.79 Å². The van der Waals surface area contributed by atoms with Crippen LogP contribution < -0.4 is 10.6 Å². The fourth-order valence-corrected chi connectivity index (χ4v) is 3.86. The molecule has 2 aliphatic rings. The van der Waals surface area contributed by atoms with Gasteiger partial charge >= 0.3 is 6.03 Å². The van der Waals surface area contributed by atoms with Crippen molar-refractivity contribution in [1.29, 1.82) is 0 Å². The van der Waals surface area contributed by atoms with Crippen LogP contribution in [0.4, 0.5) is 9.93 Å². The molecule has 4 amide bonds. The van der Waals surface area contributed by atoms with E-state index < -0.39 is 17.5 Å². The van der Waals surface area contributed by atoms with E-state index in [1.165, 1.54) is 11.3 Å². The average molecular weight is 351 g/mol. The van der Waals surface area contributed by atoms with E-state index in [4.69, 9.17) is 0 Å². The molecule has 1 aliphatic carbocycles. The maximum Gasteiger partial charge on any atom is 0.325 e. The van der Waals surface area contributed by atoms with Gasteiger partial charge in [-0.15, -0.1) is 10.2 Å². The monoisotopic (exact) mass is 351 g/mol. The van der Waals surface area contributed by atoms with Crippen LogP contribution in [0.1, 0.15) is 44.5 Å². The molecule has 1 saturated carbocycles. The van der Waals surface area contributed by atoms with Crippen LogP contribution in [0, 0.1) is 5.92 Å². The highest BCUT2D eigenvalue weighted by Crippen LogP contribution is 2.36. The minimum atomic E-state index is -0.817. The second-order valence-corrected chi connectivity index (χ2v) is 7.55. The van der Waals surface area contributed by atoms with E-state index in [0.717, 1.165) is 29.2 Å². The molecule has 2 N–H and O–H groups in total. The van der Waals surface area contributed by atoms with Crippen molar-refractivity contribution in [2.75, 3.05) is 11.9 Å². The number of hydrogen-bond donors (Lipinski definition) is 2. The van der Waals surface area contributed by atoms with Gasteiger partial charge in [-0.3, -0.25) is 19.8 Å². The number of hydrogen-bond acceptors (Lipinski definition) is 6. The van der Waals surface area contributed by atoms with Crippen LogP contribution in [-0.2, 0) is 16.0 Å². The first-order chi connectivity index (χ1) is 11.4. The summed E-state index contributed by atoms with van der Waals surface area (Å²) < 4.78 is 0. The van der Waals surface area contributed by atoms with E-state index in [1.807, 2.05) is 6.92 Å². The lowest BCUT2D eigenvalue weighted by atomic mass is 9.77. The number of carbonyl (C=O) groups is 3. The molecule has 2 heterocycles. The summed E-state index contributed by atoms with van der Waals surface area (Å²) in [6.07, 6.45) is 3.80. The smallest absolute Gasteiger partial charge is 0.323 e. The summed E-state index contributed by atoms with van der Waals surface area (Å²) in [5.74, 6) is -0.178. The number of nitrogens with zero attached hydrogens (tertiary/aromatic N) is 3. The van der Waals surface area contributed by atoms with E-state index in [9.17, 15) is 14.4 Å². The van der Waals surface area contributed by atoms with Crippen molar-refractivity contribution in [3.63, 3.8) is 0 Å². The normalized spacial score (nSPS) is 26.8. The number of amides is 4. The summed E-state index contributed by atoms with van der Waals surface area (Å²) in [5.41, 5.74) is -0.817. The maximum absolute atomic E-state index is 12.7. The largest absolute Gasteiger partial charge is 0.325 e. The summed E-state index contributed by atoms with van der Waals surface area (Å²) in [6.45, 7) is 3.79. The molecule has 1 saturated heterocycles. The quantitative estimate of drug-likeness (QED) is 0.801. The number of carbonyl (C=O) groups excluding carboxylic acids is 3. The molecule has 24 heavy (non-hydrogen) atoms. The number of urea groups is 1. The summed E-state index contributed by atoms with van der Waals surface area (Å²) >= 11 is 1.28. The van der Waals surface area contributed by atoms with Crippen LogP contribution in [0.15, 0.2) is 0 Å². The Hall–Kier alpha value is -2.03.